The Labute approximate surface area is 91.9 Å². The third kappa shape index (κ3) is 1.65. The first-order valence-corrected chi connectivity index (χ1v) is 5.80. The molecule has 6 heteroatoms. The Morgan fingerprint density at radius 2 is 1.90 bits per heavy atom. The van der Waals surface area contributed by atoms with E-state index in [4.69, 9.17) is 0 Å². The monoisotopic (exact) mass is 394 g/mol. The third-order valence-corrected chi connectivity index (χ3v) is 3.94. The van der Waals surface area contributed by atoms with Crippen molar-refractivity contribution in [3.63, 3.8) is 0 Å². The molecule has 0 radical (unpaired) electrons. The molecule has 0 atom stereocenters. The van der Waals surface area contributed by atoms with Gasteiger partial charge in [0.15, 0.2) is 4.73 Å². The fourth-order valence-electron chi connectivity index (χ4n) is 0.482. The molecule has 1 aromatic rings. The number of alkyl halides is 1. The molecular weight excluding hydrogens is 396 g/mol. The van der Waals surface area contributed by atoms with Gasteiger partial charge in [-0.05, 0) is 47.8 Å². The van der Waals surface area contributed by atoms with Gasteiger partial charge >= 0.3 is 0 Å². The molecule has 56 valence electrons. The summed E-state index contributed by atoms with van der Waals surface area (Å²) < 4.78 is 4.45. The van der Waals surface area contributed by atoms with Crippen molar-refractivity contribution in [2.75, 3.05) is 0 Å². The fraction of sp³-hybridized carbons (Fsp3) is 0.250. The Morgan fingerprint density at radius 1 is 1.30 bits per heavy atom. The van der Waals surface area contributed by atoms with Crippen molar-refractivity contribution in [3.8, 4) is 0 Å². The molecule has 10 heavy (non-hydrogen) atoms. The van der Waals surface area contributed by atoms with E-state index >= 15 is 0 Å². The van der Waals surface area contributed by atoms with Gasteiger partial charge < -0.3 is 4.57 Å². The minimum absolute atomic E-state index is 0.715. The van der Waals surface area contributed by atoms with Gasteiger partial charge in [0.2, 0.25) is 0 Å². The van der Waals surface area contributed by atoms with Crippen molar-refractivity contribution in [1.82, 2.24) is 9.55 Å². The number of aromatic nitrogens is 2. The normalized spacial score (nSPS) is 10.4. The Kier molecular flexibility index (Phi) is 3.40. The highest BCUT2D eigenvalue weighted by atomic mass is 79.9. The van der Waals surface area contributed by atoms with Gasteiger partial charge in [0.05, 0.1) is 5.45 Å². The fourth-order valence-corrected chi connectivity index (χ4v) is 3.36. The van der Waals surface area contributed by atoms with Crippen molar-refractivity contribution in [2.45, 2.75) is 5.45 Å². The Hall–Kier alpha value is 1.13. The van der Waals surface area contributed by atoms with E-state index in [-0.39, 0.29) is 0 Å². The van der Waals surface area contributed by atoms with Gasteiger partial charge in [0.25, 0.3) is 0 Å². The quantitative estimate of drug-likeness (QED) is 0.663. The summed E-state index contributed by atoms with van der Waals surface area (Å²) in [7, 11) is 0. The maximum absolute atomic E-state index is 4.10. The zero-order chi connectivity index (χ0) is 7.72. The highest BCUT2D eigenvalue weighted by Gasteiger charge is 2.08. The second-order valence-electron chi connectivity index (χ2n) is 1.51. The maximum Gasteiger partial charge on any atom is 0.179 e. The first kappa shape index (κ1) is 9.22. The van der Waals surface area contributed by atoms with Gasteiger partial charge in [-0.3, -0.25) is 0 Å². The minimum Gasteiger partial charge on any atom is -0.302 e. The summed E-state index contributed by atoms with van der Waals surface area (Å²) in [4.78, 5) is 4.10. The Morgan fingerprint density at radius 3 is 2.10 bits per heavy atom. The van der Waals surface area contributed by atoms with E-state index in [9.17, 15) is 0 Å². The van der Waals surface area contributed by atoms with Gasteiger partial charge in [-0.15, -0.1) is 0 Å². The molecule has 0 amide bonds. The zero-order valence-electron chi connectivity index (χ0n) is 4.61. The lowest BCUT2D eigenvalue weighted by molar-refractivity contribution is 0.849. The van der Waals surface area contributed by atoms with Crippen LogP contribution in [0.5, 0.6) is 0 Å². The molecule has 0 saturated heterocycles. The van der Waals surface area contributed by atoms with Crippen LogP contribution in [-0.2, 0) is 5.45 Å². The van der Waals surface area contributed by atoms with Gasteiger partial charge in [0.1, 0.15) is 9.21 Å². The lowest BCUT2D eigenvalue weighted by atomic mass is 10.9. The molecule has 1 heterocycles. The molecule has 0 aromatic carbocycles. The van der Waals surface area contributed by atoms with Crippen LogP contribution in [0.15, 0.2) is 13.9 Å². The average Bonchev–Trinajstić information content (AvgIpc) is 2.09. The van der Waals surface area contributed by atoms with Crippen LogP contribution in [0.2, 0.25) is 0 Å². The molecule has 0 spiro atoms. The number of imidazole rings is 1. The summed E-state index contributed by atoms with van der Waals surface area (Å²) >= 11 is 13.2. The zero-order valence-corrected chi connectivity index (χ0v) is 11.0. The summed E-state index contributed by atoms with van der Waals surface area (Å²) in [5, 5.41) is 0. The predicted molar refractivity (Wildman–Crippen MR) is 54.3 cm³/mol. The lowest BCUT2D eigenvalue weighted by Gasteiger charge is -1.96. The van der Waals surface area contributed by atoms with E-state index in [1.807, 2.05) is 4.57 Å². The largest absolute Gasteiger partial charge is 0.302 e. The minimum atomic E-state index is 0.715. The summed E-state index contributed by atoms with van der Waals surface area (Å²) in [6, 6.07) is 0. The van der Waals surface area contributed by atoms with Crippen molar-refractivity contribution < 1.29 is 0 Å². The van der Waals surface area contributed by atoms with Gasteiger partial charge in [-0.1, -0.05) is 15.9 Å². The van der Waals surface area contributed by atoms with Crippen LogP contribution in [0.25, 0.3) is 0 Å². The lowest BCUT2D eigenvalue weighted by Crippen LogP contribution is -1.90. The molecule has 0 unspecified atom stereocenters. The molecule has 0 N–H and O–H groups in total. The Balaban J connectivity index is 3.20. The topological polar surface area (TPSA) is 17.8 Å². The van der Waals surface area contributed by atoms with E-state index in [1.165, 1.54) is 0 Å². The molecule has 0 aliphatic carbocycles. The van der Waals surface area contributed by atoms with Crippen LogP contribution < -0.4 is 0 Å². The van der Waals surface area contributed by atoms with E-state index in [0.29, 0.717) is 5.45 Å². The molecule has 0 saturated carbocycles. The molecule has 1 aromatic heterocycles. The first-order valence-electron chi connectivity index (χ1n) is 2.29. The summed E-state index contributed by atoms with van der Waals surface area (Å²) in [5.74, 6) is 0. The first-order chi connectivity index (χ1) is 4.66. The van der Waals surface area contributed by atoms with E-state index < -0.39 is 0 Å². The molecule has 0 aliphatic rings. The summed E-state index contributed by atoms with van der Waals surface area (Å²) in [5.41, 5.74) is 0.715. The maximum atomic E-state index is 4.10. The molecule has 1 rings (SSSR count). The van der Waals surface area contributed by atoms with Gasteiger partial charge in [-0.2, -0.15) is 0 Å². The number of hydrogen-bond donors (Lipinski definition) is 0. The van der Waals surface area contributed by atoms with Crippen molar-refractivity contribution in [2.24, 2.45) is 0 Å². The molecule has 0 aliphatic heterocycles. The smallest absolute Gasteiger partial charge is 0.179 e. The average molecular weight is 398 g/mol. The van der Waals surface area contributed by atoms with Crippen molar-refractivity contribution in [1.29, 1.82) is 0 Å². The van der Waals surface area contributed by atoms with Crippen LogP contribution in [0.1, 0.15) is 0 Å². The van der Waals surface area contributed by atoms with Crippen LogP contribution in [0.3, 0.4) is 0 Å². The van der Waals surface area contributed by atoms with Gasteiger partial charge in [-0.25, -0.2) is 4.98 Å². The summed E-state index contributed by atoms with van der Waals surface area (Å²) in [6.07, 6.45) is 0. The van der Waals surface area contributed by atoms with Crippen LogP contribution in [-0.4, -0.2) is 9.55 Å². The van der Waals surface area contributed by atoms with Crippen molar-refractivity contribution in [3.05, 3.63) is 13.9 Å². The van der Waals surface area contributed by atoms with E-state index in [2.05, 4.69) is 68.7 Å². The van der Waals surface area contributed by atoms with Crippen LogP contribution in [0, 0.1) is 0 Å². The van der Waals surface area contributed by atoms with Crippen molar-refractivity contribution >= 4 is 63.7 Å². The van der Waals surface area contributed by atoms with Crippen LogP contribution in [0.4, 0.5) is 0 Å². The highest BCUT2D eigenvalue weighted by molar-refractivity contribution is 9.13. The standard InChI is InChI=1S/C4H2Br4N2/c5-1-10-3(7)2(6)9-4(10)8/h1H2. The summed E-state index contributed by atoms with van der Waals surface area (Å²) in [6.45, 7) is 0. The van der Waals surface area contributed by atoms with E-state index in [1.54, 1.807) is 0 Å². The SMILES string of the molecule is BrCn1c(Br)nc(Br)c1Br. The second kappa shape index (κ2) is 3.69. The number of hydrogen-bond acceptors (Lipinski definition) is 1. The molecule has 2 nitrogen and oxygen atoms in total. The Bertz CT molecular complexity index is 244. The number of rotatable bonds is 1. The molecule has 0 fully saturated rings. The third-order valence-electron chi connectivity index (χ3n) is 0.940. The van der Waals surface area contributed by atoms with Crippen LogP contribution >= 0.6 is 63.7 Å². The number of nitrogens with zero attached hydrogens (tertiary/aromatic N) is 2. The van der Waals surface area contributed by atoms with E-state index in [0.717, 1.165) is 13.9 Å². The number of halogens is 4. The molecule has 0 bridgehead atoms. The predicted octanol–water partition coefficient (Wildman–Crippen LogP) is 3.52. The highest BCUT2D eigenvalue weighted by Crippen LogP contribution is 2.27. The molecular formula is C4H2Br4N2. The van der Waals surface area contributed by atoms with Gasteiger partial charge in [0, 0.05) is 0 Å². The second-order valence-corrected chi connectivity index (χ2v) is 4.22.